The average molecular weight is 336 g/mol. The van der Waals surface area contributed by atoms with Gasteiger partial charge in [0.25, 0.3) is 0 Å². The highest BCUT2D eigenvalue weighted by atomic mass is 16.3. The van der Waals surface area contributed by atoms with Crippen molar-refractivity contribution >= 4 is 11.1 Å². The normalized spacial score (nSPS) is 17.5. The van der Waals surface area contributed by atoms with Crippen molar-refractivity contribution in [3.05, 3.63) is 82.6 Å². The van der Waals surface area contributed by atoms with Gasteiger partial charge in [0.05, 0.1) is 0 Å². The molecule has 3 rings (SSSR count). The Hall–Kier alpha value is -2.98. The Bertz CT molecular complexity index is 880. The van der Waals surface area contributed by atoms with E-state index in [0.717, 1.165) is 5.57 Å². The van der Waals surface area contributed by atoms with E-state index in [9.17, 15) is 20.4 Å². The van der Waals surface area contributed by atoms with Crippen molar-refractivity contribution in [3.8, 4) is 11.5 Å². The van der Waals surface area contributed by atoms with Gasteiger partial charge in [0, 0.05) is 11.1 Å². The number of phenols is 2. The van der Waals surface area contributed by atoms with Crippen LogP contribution in [0.1, 0.15) is 25.0 Å². The number of aliphatic hydroxyl groups is 2. The van der Waals surface area contributed by atoms with Crippen molar-refractivity contribution in [3.63, 3.8) is 0 Å². The second kappa shape index (κ2) is 6.49. The van der Waals surface area contributed by atoms with E-state index in [4.69, 9.17) is 0 Å². The molecule has 0 heterocycles. The summed E-state index contributed by atoms with van der Waals surface area (Å²) in [7, 11) is 0. The monoisotopic (exact) mass is 336 g/mol. The van der Waals surface area contributed by atoms with E-state index in [2.05, 4.69) is 0 Å². The first-order chi connectivity index (χ1) is 11.9. The van der Waals surface area contributed by atoms with Crippen LogP contribution in [0.15, 0.2) is 71.5 Å². The number of benzene rings is 2. The molecule has 2 aromatic rings. The molecule has 0 saturated carbocycles. The van der Waals surface area contributed by atoms with Gasteiger partial charge in [0.1, 0.15) is 23.4 Å². The van der Waals surface area contributed by atoms with Crippen molar-refractivity contribution in [1.29, 1.82) is 0 Å². The highest BCUT2D eigenvalue weighted by Crippen LogP contribution is 2.41. The van der Waals surface area contributed by atoms with Crippen LogP contribution in [0.2, 0.25) is 0 Å². The van der Waals surface area contributed by atoms with Gasteiger partial charge in [0.15, 0.2) is 0 Å². The Balaban J connectivity index is 2.29. The predicted molar refractivity (Wildman–Crippen MR) is 98.1 cm³/mol. The number of hydrogen-bond donors (Lipinski definition) is 4. The van der Waals surface area contributed by atoms with E-state index in [1.807, 2.05) is 13.8 Å². The van der Waals surface area contributed by atoms with Gasteiger partial charge in [-0.15, -0.1) is 0 Å². The minimum atomic E-state index is -0.908. The number of aromatic hydroxyl groups is 2. The van der Waals surface area contributed by atoms with E-state index >= 15 is 0 Å². The number of allylic oxidation sites excluding steroid dienone is 2. The highest BCUT2D eigenvalue weighted by Gasteiger charge is 2.29. The lowest BCUT2D eigenvalue weighted by Crippen LogP contribution is -2.19. The van der Waals surface area contributed by atoms with Crippen LogP contribution in [0.25, 0.3) is 11.1 Å². The molecule has 1 unspecified atom stereocenters. The zero-order valence-electron chi connectivity index (χ0n) is 14.1. The maximum Gasteiger partial charge on any atom is 0.124 e. The molecule has 0 fully saturated rings. The van der Waals surface area contributed by atoms with Gasteiger partial charge in [0.2, 0.25) is 0 Å². The van der Waals surface area contributed by atoms with Gasteiger partial charge in [-0.25, -0.2) is 0 Å². The third-order valence-corrected chi connectivity index (χ3v) is 4.30. The summed E-state index contributed by atoms with van der Waals surface area (Å²) in [5.41, 5.74) is 3.99. The smallest absolute Gasteiger partial charge is 0.124 e. The molecule has 0 radical (unpaired) electrons. The molecule has 25 heavy (non-hydrogen) atoms. The summed E-state index contributed by atoms with van der Waals surface area (Å²) in [6, 6.07) is 12.9. The molecule has 1 aliphatic rings. The second-order valence-corrected chi connectivity index (χ2v) is 6.27. The molecule has 0 aliphatic heterocycles. The van der Waals surface area contributed by atoms with Gasteiger partial charge in [-0.3, -0.25) is 0 Å². The molecule has 1 atom stereocenters. The first-order valence-corrected chi connectivity index (χ1v) is 7.98. The number of rotatable bonds is 2. The third-order valence-electron chi connectivity index (χ3n) is 4.30. The Morgan fingerprint density at radius 3 is 1.72 bits per heavy atom. The molecule has 2 aromatic carbocycles. The molecule has 0 bridgehead atoms. The molecule has 4 heteroatoms. The van der Waals surface area contributed by atoms with Crippen LogP contribution in [-0.2, 0) is 0 Å². The van der Waals surface area contributed by atoms with Crippen molar-refractivity contribution in [2.75, 3.05) is 0 Å². The standard InChI is InChI=1S/C21H20O4/c1-12(2)17-11-18(24)19(13-3-7-15(22)8-4-13)20(21(17)25)14-5-9-16(23)10-6-14/h3-11,21-25H,1-2H3. The molecule has 4 N–H and O–H groups in total. The lowest BCUT2D eigenvalue weighted by Gasteiger charge is -2.27. The largest absolute Gasteiger partial charge is 0.508 e. The lowest BCUT2D eigenvalue weighted by atomic mass is 9.81. The maximum atomic E-state index is 10.9. The summed E-state index contributed by atoms with van der Waals surface area (Å²) in [5, 5.41) is 40.7. The zero-order valence-corrected chi connectivity index (χ0v) is 14.1. The Morgan fingerprint density at radius 2 is 1.24 bits per heavy atom. The zero-order chi connectivity index (χ0) is 18.1. The van der Waals surface area contributed by atoms with Gasteiger partial charge in [-0.2, -0.15) is 0 Å². The fourth-order valence-corrected chi connectivity index (χ4v) is 3.02. The average Bonchev–Trinajstić information content (AvgIpc) is 2.58. The molecular formula is C21H20O4. The molecule has 128 valence electrons. The highest BCUT2D eigenvalue weighted by molar-refractivity contribution is 6.01. The van der Waals surface area contributed by atoms with E-state index < -0.39 is 6.10 Å². The van der Waals surface area contributed by atoms with E-state index in [0.29, 0.717) is 27.8 Å². The second-order valence-electron chi connectivity index (χ2n) is 6.27. The molecule has 0 aromatic heterocycles. The molecular weight excluding hydrogens is 316 g/mol. The minimum absolute atomic E-state index is 0.0512. The van der Waals surface area contributed by atoms with Crippen LogP contribution in [0.4, 0.5) is 0 Å². The van der Waals surface area contributed by atoms with Crippen molar-refractivity contribution in [2.24, 2.45) is 0 Å². The van der Waals surface area contributed by atoms with Crippen molar-refractivity contribution in [1.82, 2.24) is 0 Å². The molecule has 4 nitrogen and oxygen atoms in total. The van der Waals surface area contributed by atoms with E-state index in [1.165, 1.54) is 12.1 Å². The van der Waals surface area contributed by atoms with Crippen LogP contribution in [-0.4, -0.2) is 26.5 Å². The molecule has 0 spiro atoms. The Kier molecular flexibility index (Phi) is 4.38. The summed E-state index contributed by atoms with van der Waals surface area (Å²) in [5.74, 6) is 0.304. The molecule has 0 amide bonds. The lowest BCUT2D eigenvalue weighted by molar-refractivity contribution is 0.268. The van der Waals surface area contributed by atoms with Gasteiger partial charge >= 0.3 is 0 Å². The fourth-order valence-electron chi connectivity index (χ4n) is 3.02. The first-order valence-electron chi connectivity index (χ1n) is 7.98. The summed E-state index contributed by atoms with van der Waals surface area (Å²) in [4.78, 5) is 0. The molecule has 1 aliphatic carbocycles. The minimum Gasteiger partial charge on any atom is -0.508 e. The summed E-state index contributed by atoms with van der Waals surface area (Å²) < 4.78 is 0. The van der Waals surface area contributed by atoms with Crippen LogP contribution in [0, 0.1) is 0 Å². The predicted octanol–water partition coefficient (Wildman–Crippen LogP) is 4.16. The number of phenolic OH excluding ortho intramolecular Hbond substituents is 2. The fraction of sp³-hybridized carbons (Fsp3) is 0.143. The summed E-state index contributed by atoms with van der Waals surface area (Å²) in [6.07, 6.45) is 0.667. The number of hydrogen-bond acceptors (Lipinski definition) is 4. The van der Waals surface area contributed by atoms with Crippen LogP contribution >= 0.6 is 0 Å². The van der Waals surface area contributed by atoms with Gasteiger partial charge < -0.3 is 20.4 Å². The van der Waals surface area contributed by atoms with Crippen LogP contribution < -0.4 is 0 Å². The van der Waals surface area contributed by atoms with Crippen LogP contribution in [0.5, 0.6) is 11.5 Å². The quantitative estimate of drug-likeness (QED) is 0.664. The SMILES string of the molecule is CC(C)=C1C=C(O)C(c2ccc(O)cc2)=C(c2ccc(O)cc2)C1O. The van der Waals surface area contributed by atoms with Gasteiger partial charge in [-0.1, -0.05) is 29.8 Å². The third kappa shape index (κ3) is 3.16. The van der Waals surface area contributed by atoms with Crippen LogP contribution in [0.3, 0.4) is 0 Å². The van der Waals surface area contributed by atoms with Crippen molar-refractivity contribution in [2.45, 2.75) is 20.0 Å². The first kappa shape index (κ1) is 16.9. The van der Waals surface area contributed by atoms with E-state index in [-0.39, 0.29) is 17.3 Å². The molecule has 0 saturated heterocycles. The summed E-state index contributed by atoms with van der Waals surface area (Å²) >= 11 is 0. The Labute approximate surface area is 146 Å². The van der Waals surface area contributed by atoms with Gasteiger partial charge in [-0.05, 0) is 60.9 Å². The summed E-state index contributed by atoms with van der Waals surface area (Å²) in [6.45, 7) is 3.75. The Morgan fingerprint density at radius 1 is 0.760 bits per heavy atom. The number of aliphatic hydroxyl groups excluding tert-OH is 2. The van der Waals surface area contributed by atoms with E-state index in [1.54, 1.807) is 42.5 Å². The maximum absolute atomic E-state index is 10.9. The van der Waals surface area contributed by atoms with Crippen molar-refractivity contribution < 1.29 is 20.4 Å². The topological polar surface area (TPSA) is 80.9 Å².